The first-order chi connectivity index (χ1) is 20.4. The molecule has 1 aliphatic heterocycles. The topological polar surface area (TPSA) is 92.1 Å². The van der Waals surface area contributed by atoms with E-state index in [4.69, 9.17) is 16.6 Å². The van der Waals surface area contributed by atoms with Gasteiger partial charge in [0.2, 0.25) is 5.95 Å². The van der Waals surface area contributed by atoms with E-state index in [0.717, 1.165) is 54.8 Å². The molecule has 1 fully saturated rings. The summed E-state index contributed by atoms with van der Waals surface area (Å²) in [5, 5.41) is 4.59. The average molecular weight is 583 g/mol. The van der Waals surface area contributed by atoms with E-state index in [0.29, 0.717) is 46.4 Å². The normalized spacial score (nSPS) is 18.0. The summed E-state index contributed by atoms with van der Waals surface area (Å²) in [6.45, 7) is 11.3. The molecule has 42 heavy (non-hydrogen) atoms. The van der Waals surface area contributed by atoms with Gasteiger partial charge in [-0.15, -0.1) is 0 Å². The lowest BCUT2D eigenvalue weighted by molar-refractivity contribution is 0.0916. The monoisotopic (exact) mass is 582 g/mol. The zero-order chi connectivity index (χ0) is 29.2. The van der Waals surface area contributed by atoms with Crippen molar-refractivity contribution in [3.8, 4) is 22.3 Å². The summed E-state index contributed by atoms with van der Waals surface area (Å²) in [5.41, 5.74) is 4.30. The Labute approximate surface area is 250 Å². The van der Waals surface area contributed by atoms with Crippen molar-refractivity contribution in [1.82, 2.24) is 34.3 Å². The maximum Gasteiger partial charge on any atom is 0.260 e. The van der Waals surface area contributed by atoms with E-state index in [9.17, 15) is 4.79 Å². The molecule has 10 heteroatoms. The second-order valence-corrected chi connectivity index (χ2v) is 11.4. The van der Waals surface area contributed by atoms with Gasteiger partial charge < -0.3 is 5.32 Å². The lowest BCUT2D eigenvalue weighted by Crippen LogP contribution is -2.51. The highest BCUT2D eigenvalue weighted by Crippen LogP contribution is 2.32. The van der Waals surface area contributed by atoms with Crippen LogP contribution in [0.4, 0.5) is 5.95 Å². The van der Waals surface area contributed by atoms with Gasteiger partial charge >= 0.3 is 0 Å². The molecule has 0 spiro atoms. The predicted molar refractivity (Wildman–Crippen MR) is 168 cm³/mol. The molecular formula is C32H35ClN8O. The standard InChI is InChI=1S/C32H35ClN8O/c1-4-41-30-23(15-28(31(41)42)27-10-5-22(16-29(27)33)24-17-34-20-35-18-24)19-36-32(38-30)37-25-6-8-26(9-7-25)40-13-11-39(12-14-40)21(2)3/h5-8,10,15-21,26H,4,9,11-14H2,1-3H3,(H,36,37,38). The van der Waals surface area contributed by atoms with E-state index in [1.165, 1.54) is 6.33 Å². The molecule has 4 heterocycles. The molecule has 0 saturated carbocycles. The number of anilines is 1. The van der Waals surface area contributed by atoms with Crippen molar-refractivity contribution < 1.29 is 0 Å². The Morgan fingerprint density at radius 3 is 2.48 bits per heavy atom. The molecule has 1 N–H and O–H groups in total. The fourth-order valence-corrected chi connectivity index (χ4v) is 6.04. The number of hydrogen-bond donors (Lipinski definition) is 1. The Morgan fingerprint density at radius 1 is 1.02 bits per heavy atom. The Bertz CT molecular complexity index is 1710. The van der Waals surface area contributed by atoms with Crippen molar-refractivity contribution in [1.29, 1.82) is 0 Å². The molecule has 2 aliphatic rings. The summed E-state index contributed by atoms with van der Waals surface area (Å²) < 4.78 is 1.67. The van der Waals surface area contributed by atoms with E-state index < -0.39 is 0 Å². The number of benzene rings is 1. The van der Waals surface area contributed by atoms with Crippen molar-refractivity contribution in [2.75, 3.05) is 31.5 Å². The average Bonchev–Trinajstić information content (AvgIpc) is 3.02. The Hall–Kier alpha value is -3.92. The summed E-state index contributed by atoms with van der Waals surface area (Å²) in [6, 6.07) is 8.45. The van der Waals surface area contributed by atoms with Gasteiger partial charge in [-0.05, 0) is 51.0 Å². The molecule has 6 rings (SSSR count). The minimum Gasteiger partial charge on any atom is -0.324 e. The SMILES string of the molecule is CCn1c(=O)c(-c2ccc(-c3cncnc3)cc2Cl)cc2cnc(NC3=CCC(N4CCN(C(C)C)CC4)C=C3)nc21. The van der Waals surface area contributed by atoms with Crippen molar-refractivity contribution >= 4 is 28.6 Å². The van der Waals surface area contributed by atoms with Gasteiger partial charge in [-0.1, -0.05) is 35.9 Å². The lowest BCUT2D eigenvalue weighted by atomic mass is 10.0. The fraction of sp³-hybridized carbons (Fsp3) is 0.344. The van der Waals surface area contributed by atoms with Crippen LogP contribution in [0.1, 0.15) is 27.2 Å². The molecule has 0 amide bonds. The third kappa shape index (κ3) is 5.72. The highest BCUT2D eigenvalue weighted by atomic mass is 35.5. The lowest BCUT2D eigenvalue weighted by Gasteiger charge is -2.40. The van der Waals surface area contributed by atoms with E-state index in [-0.39, 0.29) is 5.56 Å². The van der Waals surface area contributed by atoms with Crippen LogP contribution in [0.3, 0.4) is 0 Å². The van der Waals surface area contributed by atoms with Crippen LogP contribution in [0.5, 0.6) is 0 Å². The number of pyridine rings is 1. The van der Waals surface area contributed by atoms with E-state index in [1.54, 1.807) is 23.2 Å². The summed E-state index contributed by atoms with van der Waals surface area (Å²) in [5.74, 6) is 0.462. The summed E-state index contributed by atoms with van der Waals surface area (Å²) in [6.07, 6.45) is 14.2. The van der Waals surface area contributed by atoms with Crippen LogP contribution in [-0.2, 0) is 6.54 Å². The van der Waals surface area contributed by atoms with Crippen molar-refractivity contribution in [2.45, 2.75) is 45.8 Å². The number of fused-ring (bicyclic) bond motifs is 1. The minimum atomic E-state index is -0.149. The van der Waals surface area contributed by atoms with E-state index in [1.807, 2.05) is 31.2 Å². The summed E-state index contributed by atoms with van der Waals surface area (Å²) in [4.78, 5) is 36.2. The first-order valence-corrected chi connectivity index (χ1v) is 14.9. The van der Waals surface area contributed by atoms with Gasteiger partial charge in [0.25, 0.3) is 5.56 Å². The third-order valence-electron chi connectivity index (χ3n) is 8.18. The van der Waals surface area contributed by atoms with Gasteiger partial charge in [0.15, 0.2) is 0 Å². The van der Waals surface area contributed by atoms with Crippen LogP contribution in [0, 0.1) is 0 Å². The summed E-state index contributed by atoms with van der Waals surface area (Å²) in [7, 11) is 0. The maximum atomic E-state index is 13.6. The van der Waals surface area contributed by atoms with Gasteiger partial charge in [-0.3, -0.25) is 19.2 Å². The number of piperazine rings is 1. The van der Waals surface area contributed by atoms with E-state index >= 15 is 0 Å². The molecule has 1 atom stereocenters. The molecule has 0 radical (unpaired) electrons. The summed E-state index contributed by atoms with van der Waals surface area (Å²) >= 11 is 6.70. The number of hydrogen-bond acceptors (Lipinski definition) is 8. The molecule has 4 aromatic rings. The van der Waals surface area contributed by atoms with Gasteiger partial charge in [-0.2, -0.15) is 4.98 Å². The van der Waals surface area contributed by atoms with E-state index in [2.05, 4.69) is 62.1 Å². The highest BCUT2D eigenvalue weighted by molar-refractivity contribution is 6.33. The second kappa shape index (κ2) is 12.1. The first kappa shape index (κ1) is 28.2. The van der Waals surface area contributed by atoms with Crippen LogP contribution < -0.4 is 10.9 Å². The molecule has 3 aromatic heterocycles. The molecule has 0 bridgehead atoms. The molecule has 1 saturated heterocycles. The molecule has 1 aromatic carbocycles. The number of rotatable bonds is 7. The Balaban J connectivity index is 1.21. The smallest absolute Gasteiger partial charge is 0.260 e. The molecule has 216 valence electrons. The predicted octanol–water partition coefficient (Wildman–Crippen LogP) is 5.24. The highest BCUT2D eigenvalue weighted by Gasteiger charge is 2.24. The Kier molecular flexibility index (Phi) is 8.15. The van der Waals surface area contributed by atoms with Crippen molar-refractivity contribution in [2.24, 2.45) is 0 Å². The number of nitrogens with zero attached hydrogens (tertiary/aromatic N) is 7. The largest absolute Gasteiger partial charge is 0.324 e. The fourth-order valence-electron chi connectivity index (χ4n) is 5.75. The molecule has 1 aliphatic carbocycles. The van der Waals surface area contributed by atoms with Gasteiger partial charge in [0, 0.05) is 96.2 Å². The van der Waals surface area contributed by atoms with Crippen LogP contribution in [0.2, 0.25) is 5.02 Å². The minimum absolute atomic E-state index is 0.149. The van der Waals surface area contributed by atoms with Gasteiger partial charge in [0.1, 0.15) is 12.0 Å². The van der Waals surface area contributed by atoms with Crippen molar-refractivity contribution in [3.05, 3.63) is 88.5 Å². The zero-order valence-electron chi connectivity index (χ0n) is 24.2. The third-order valence-corrected chi connectivity index (χ3v) is 8.49. The molecular weight excluding hydrogens is 548 g/mol. The van der Waals surface area contributed by atoms with Gasteiger partial charge in [0.05, 0.1) is 0 Å². The number of allylic oxidation sites excluding steroid dienone is 1. The van der Waals surface area contributed by atoms with Crippen LogP contribution in [-0.4, -0.2) is 72.6 Å². The van der Waals surface area contributed by atoms with Crippen LogP contribution >= 0.6 is 11.6 Å². The number of nitrogens with one attached hydrogen (secondary N) is 1. The zero-order valence-corrected chi connectivity index (χ0v) is 24.9. The maximum absolute atomic E-state index is 13.6. The number of halogens is 1. The quantitative estimate of drug-likeness (QED) is 0.316. The first-order valence-electron chi connectivity index (χ1n) is 14.5. The Morgan fingerprint density at radius 2 is 1.81 bits per heavy atom. The number of aromatic nitrogens is 5. The van der Waals surface area contributed by atoms with Crippen molar-refractivity contribution in [3.63, 3.8) is 0 Å². The van der Waals surface area contributed by atoms with Gasteiger partial charge in [-0.25, -0.2) is 15.0 Å². The molecule has 9 nitrogen and oxygen atoms in total. The molecule has 1 unspecified atom stereocenters. The second-order valence-electron chi connectivity index (χ2n) is 11.0. The van der Waals surface area contributed by atoms with Crippen LogP contribution in [0.25, 0.3) is 33.3 Å². The number of aryl methyl sites for hydroxylation is 1. The van der Waals surface area contributed by atoms with Crippen LogP contribution in [0.15, 0.2) is 77.9 Å².